The van der Waals surface area contributed by atoms with E-state index in [0.717, 1.165) is 6.20 Å². The van der Waals surface area contributed by atoms with Gasteiger partial charge in [0.2, 0.25) is 5.95 Å². The Kier molecular flexibility index (Phi) is 3.66. The molecule has 0 aliphatic heterocycles. The Bertz CT molecular complexity index is 404. The number of nitrogens with one attached hydrogen (secondary N) is 1. The van der Waals surface area contributed by atoms with Crippen molar-refractivity contribution in [1.29, 1.82) is 0 Å². The summed E-state index contributed by atoms with van der Waals surface area (Å²) in [5.41, 5.74) is 2.15. The molecule has 0 unspecified atom stereocenters. The van der Waals surface area contributed by atoms with Gasteiger partial charge in [0.15, 0.2) is 5.03 Å². The van der Waals surface area contributed by atoms with Crippen LogP contribution >= 0.6 is 11.8 Å². The maximum absolute atomic E-state index is 10.8. The van der Waals surface area contributed by atoms with Gasteiger partial charge in [-0.3, -0.25) is 15.5 Å². The van der Waals surface area contributed by atoms with Crippen LogP contribution in [0.2, 0.25) is 0 Å². The molecule has 1 heterocycles. The highest BCUT2D eigenvalue weighted by molar-refractivity contribution is 8.00. The van der Waals surface area contributed by atoms with Crippen molar-refractivity contribution in [2.24, 2.45) is 5.84 Å². The summed E-state index contributed by atoms with van der Waals surface area (Å²) >= 11 is 1.30. The second-order valence-corrected chi connectivity index (χ2v) is 5.82. The smallest absolute Gasteiger partial charge is 0.292 e. The number of nitrogen functional groups attached to an aromatic ring is 1. The lowest BCUT2D eigenvalue weighted by molar-refractivity contribution is -0.388. The predicted molar refractivity (Wildman–Crippen MR) is 62.1 cm³/mol. The zero-order chi connectivity index (χ0) is 12.3. The number of anilines is 1. The third-order valence-corrected chi connectivity index (χ3v) is 2.57. The number of hydrogen-bond acceptors (Lipinski definition) is 7. The Morgan fingerprint density at radius 3 is 2.62 bits per heavy atom. The van der Waals surface area contributed by atoms with E-state index in [0.29, 0.717) is 5.03 Å². The number of rotatable bonds is 3. The standard InChI is InChI=1S/C8H13N5O2S/c1-8(2,3)16-6-5(13(14)15)4-10-7(11-6)12-9/h4H,9H2,1-3H3,(H,10,11,12). The van der Waals surface area contributed by atoms with Gasteiger partial charge in [-0.15, -0.1) is 0 Å². The average molecular weight is 243 g/mol. The number of nitrogens with two attached hydrogens (primary N) is 1. The predicted octanol–water partition coefficient (Wildman–Crippen LogP) is 1.56. The quantitative estimate of drug-likeness (QED) is 0.273. The zero-order valence-electron chi connectivity index (χ0n) is 9.22. The van der Waals surface area contributed by atoms with Gasteiger partial charge in [-0.2, -0.15) is 4.98 Å². The summed E-state index contributed by atoms with van der Waals surface area (Å²) < 4.78 is -0.176. The molecule has 0 aromatic carbocycles. The van der Waals surface area contributed by atoms with E-state index in [9.17, 15) is 10.1 Å². The molecule has 0 saturated carbocycles. The van der Waals surface area contributed by atoms with Crippen molar-refractivity contribution in [2.75, 3.05) is 5.43 Å². The maximum atomic E-state index is 10.8. The van der Waals surface area contributed by atoms with E-state index < -0.39 is 4.92 Å². The van der Waals surface area contributed by atoms with Gasteiger partial charge in [0.05, 0.1) is 4.92 Å². The fourth-order valence-electron chi connectivity index (χ4n) is 0.920. The molecule has 16 heavy (non-hydrogen) atoms. The van der Waals surface area contributed by atoms with E-state index in [-0.39, 0.29) is 16.4 Å². The first-order chi connectivity index (χ1) is 7.33. The van der Waals surface area contributed by atoms with Gasteiger partial charge in [-0.25, -0.2) is 10.8 Å². The van der Waals surface area contributed by atoms with Gasteiger partial charge in [0, 0.05) is 4.75 Å². The summed E-state index contributed by atoms with van der Waals surface area (Å²) in [7, 11) is 0. The van der Waals surface area contributed by atoms with Crippen LogP contribution in [0.15, 0.2) is 11.2 Å². The molecule has 0 aliphatic carbocycles. The van der Waals surface area contributed by atoms with Gasteiger partial charge < -0.3 is 0 Å². The van der Waals surface area contributed by atoms with Gasteiger partial charge in [-0.1, -0.05) is 32.5 Å². The van der Waals surface area contributed by atoms with E-state index >= 15 is 0 Å². The molecule has 1 rings (SSSR count). The molecular formula is C8H13N5O2S. The minimum Gasteiger partial charge on any atom is -0.292 e. The first-order valence-electron chi connectivity index (χ1n) is 4.50. The molecule has 3 N–H and O–H groups in total. The number of hydrazine groups is 1. The lowest BCUT2D eigenvalue weighted by Gasteiger charge is -2.16. The zero-order valence-corrected chi connectivity index (χ0v) is 10.0. The molecule has 0 bridgehead atoms. The number of aromatic nitrogens is 2. The van der Waals surface area contributed by atoms with Crippen molar-refractivity contribution in [3.8, 4) is 0 Å². The van der Waals surface area contributed by atoms with E-state index in [2.05, 4.69) is 15.4 Å². The van der Waals surface area contributed by atoms with Gasteiger partial charge in [-0.05, 0) is 0 Å². The van der Waals surface area contributed by atoms with Crippen LogP contribution in [0.3, 0.4) is 0 Å². The Morgan fingerprint density at radius 2 is 2.19 bits per heavy atom. The first kappa shape index (κ1) is 12.7. The molecule has 0 fully saturated rings. The molecular weight excluding hydrogens is 230 g/mol. The van der Waals surface area contributed by atoms with Crippen molar-refractivity contribution >= 4 is 23.4 Å². The molecule has 8 heteroatoms. The van der Waals surface area contributed by atoms with Gasteiger partial charge in [0.25, 0.3) is 0 Å². The third-order valence-electron chi connectivity index (χ3n) is 1.46. The second kappa shape index (κ2) is 4.62. The fraction of sp³-hybridized carbons (Fsp3) is 0.500. The summed E-state index contributed by atoms with van der Waals surface area (Å²) in [5.74, 6) is 5.32. The molecule has 88 valence electrons. The van der Waals surface area contributed by atoms with Crippen molar-refractivity contribution in [3.63, 3.8) is 0 Å². The molecule has 1 aromatic rings. The van der Waals surface area contributed by atoms with Crippen LogP contribution in [0.1, 0.15) is 20.8 Å². The van der Waals surface area contributed by atoms with Crippen LogP contribution in [-0.2, 0) is 0 Å². The summed E-state index contributed by atoms with van der Waals surface area (Å²) in [6, 6.07) is 0. The average Bonchev–Trinajstić information content (AvgIpc) is 2.14. The second-order valence-electron chi connectivity index (χ2n) is 4.00. The monoisotopic (exact) mass is 243 g/mol. The van der Waals surface area contributed by atoms with E-state index in [1.54, 1.807) is 0 Å². The van der Waals surface area contributed by atoms with Crippen LogP contribution in [-0.4, -0.2) is 19.6 Å². The first-order valence-corrected chi connectivity index (χ1v) is 5.32. The molecule has 0 atom stereocenters. The summed E-state index contributed by atoms with van der Waals surface area (Å²) in [5, 5.41) is 11.1. The van der Waals surface area contributed by atoms with Crippen LogP contribution in [0.4, 0.5) is 11.6 Å². The maximum Gasteiger partial charge on any atom is 0.319 e. The van der Waals surface area contributed by atoms with E-state index in [4.69, 9.17) is 5.84 Å². The largest absolute Gasteiger partial charge is 0.319 e. The van der Waals surface area contributed by atoms with Crippen LogP contribution < -0.4 is 11.3 Å². The molecule has 0 aliphatic rings. The Labute approximate surface area is 97.0 Å². The molecule has 0 spiro atoms. The normalized spacial score (nSPS) is 11.2. The SMILES string of the molecule is CC(C)(C)Sc1nc(NN)ncc1[N+](=O)[O-]. The van der Waals surface area contributed by atoms with Crippen molar-refractivity contribution < 1.29 is 4.92 Å². The lowest BCUT2D eigenvalue weighted by Crippen LogP contribution is -2.13. The number of nitro groups is 1. The Morgan fingerprint density at radius 1 is 1.56 bits per heavy atom. The lowest BCUT2D eigenvalue weighted by atomic mass is 10.3. The molecule has 1 aromatic heterocycles. The highest BCUT2D eigenvalue weighted by Crippen LogP contribution is 2.36. The van der Waals surface area contributed by atoms with Crippen molar-refractivity contribution in [3.05, 3.63) is 16.3 Å². The van der Waals surface area contributed by atoms with E-state index in [1.807, 2.05) is 20.8 Å². The summed E-state index contributed by atoms with van der Waals surface area (Å²) in [6.45, 7) is 5.83. The summed E-state index contributed by atoms with van der Waals surface area (Å²) in [6.07, 6.45) is 1.15. The number of hydrogen-bond donors (Lipinski definition) is 2. The third kappa shape index (κ3) is 3.31. The molecule has 0 amide bonds. The van der Waals surface area contributed by atoms with Crippen LogP contribution in [0.5, 0.6) is 0 Å². The number of thioether (sulfide) groups is 1. The number of nitrogens with zero attached hydrogens (tertiary/aromatic N) is 3. The van der Waals surface area contributed by atoms with Crippen molar-refractivity contribution in [2.45, 2.75) is 30.5 Å². The van der Waals surface area contributed by atoms with Crippen LogP contribution in [0, 0.1) is 10.1 Å². The van der Waals surface area contributed by atoms with Crippen molar-refractivity contribution in [1.82, 2.24) is 9.97 Å². The van der Waals surface area contributed by atoms with Gasteiger partial charge >= 0.3 is 5.69 Å². The van der Waals surface area contributed by atoms with Gasteiger partial charge in [0.1, 0.15) is 6.20 Å². The summed E-state index contributed by atoms with van der Waals surface area (Å²) in [4.78, 5) is 17.9. The topological polar surface area (TPSA) is 107 Å². The highest BCUT2D eigenvalue weighted by Gasteiger charge is 2.23. The highest BCUT2D eigenvalue weighted by atomic mass is 32.2. The fourth-order valence-corrected chi connectivity index (χ4v) is 1.86. The molecule has 0 saturated heterocycles. The van der Waals surface area contributed by atoms with Crippen LogP contribution in [0.25, 0.3) is 0 Å². The molecule has 0 radical (unpaired) electrons. The molecule has 7 nitrogen and oxygen atoms in total. The Balaban J connectivity index is 3.15. The Hall–Kier alpha value is -1.41. The minimum absolute atomic E-state index is 0.112. The van der Waals surface area contributed by atoms with E-state index in [1.165, 1.54) is 11.8 Å². The minimum atomic E-state index is -0.506.